The zero-order chi connectivity index (χ0) is 11.0. The summed E-state index contributed by atoms with van der Waals surface area (Å²) in [4.78, 5) is 22.6. The Morgan fingerprint density at radius 2 is 1.57 bits per heavy atom. The minimum Gasteiger partial charge on any atom is -0.465 e. The van der Waals surface area contributed by atoms with Crippen molar-refractivity contribution < 1.29 is 19.1 Å². The predicted octanol–water partition coefficient (Wildman–Crippen LogP) is 1.51. The number of rotatable bonds is 6. The number of halogens is 1. The van der Waals surface area contributed by atoms with Crippen molar-refractivity contribution in [1.29, 1.82) is 0 Å². The van der Waals surface area contributed by atoms with Crippen LogP contribution in [0.4, 0.5) is 0 Å². The molecule has 0 bridgehead atoms. The number of esters is 2. The van der Waals surface area contributed by atoms with Gasteiger partial charge in [0.1, 0.15) is 0 Å². The first-order chi connectivity index (χ1) is 6.67. The van der Waals surface area contributed by atoms with Crippen LogP contribution in [0.2, 0.25) is 0 Å². The number of carbonyl (C=O) groups excluding carboxylic acids is 2. The predicted molar refractivity (Wildman–Crippen MR) is 55.2 cm³/mol. The summed E-state index contributed by atoms with van der Waals surface area (Å²) in [5.74, 6) is -1.81. The van der Waals surface area contributed by atoms with Crippen LogP contribution in [0.3, 0.4) is 0 Å². The summed E-state index contributed by atoms with van der Waals surface area (Å²) in [6.07, 6.45) is 0.400. The highest BCUT2D eigenvalue weighted by molar-refractivity contribution is 9.09. The zero-order valence-corrected chi connectivity index (χ0v) is 10.0. The zero-order valence-electron chi connectivity index (χ0n) is 8.42. The molecule has 0 saturated carbocycles. The Kier molecular flexibility index (Phi) is 7.47. The Hall–Kier alpha value is -0.580. The maximum absolute atomic E-state index is 11.3. The highest BCUT2D eigenvalue weighted by Gasteiger charge is 2.28. The van der Waals surface area contributed by atoms with Crippen LogP contribution < -0.4 is 0 Å². The van der Waals surface area contributed by atoms with E-state index in [1.807, 2.05) is 0 Å². The molecule has 0 rings (SSSR count). The van der Waals surface area contributed by atoms with E-state index in [-0.39, 0.29) is 13.2 Å². The summed E-state index contributed by atoms with van der Waals surface area (Å²) in [6, 6.07) is 0. The largest absolute Gasteiger partial charge is 0.465 e. The Morgan fingerprint density at radius 1 is 1.14 bits per heavy atom. The molecule has 14 heavy (non-hydrogen) atoms. The molecule has 0 atom stereocenters. The highest BCUT2D eigenvalue weighted by atomic mass is 79.9. The Bertz CT molecular complexity index is 175. The van der Waals surface area contributed by atoms with Gasteiger partial charge in [-0.1, -0.05) is 15.9 Å². The van der Waals surface area contributed by atoms with Gasteiger partial charge in [0.25, 0.3) is 0 Å². The SMILES string of the molecule is CCOC(=O)C(CCBr)C(=O)OCC. The van der Waals surface area contributed by atoms with E-state index >= 15 is 0 Å². The second kappa shape index (κ2) is 7.79. The van der Waals surface area contributed by atoms with Crippen molar-refractivity contribution in [2.45, 2.75) is 20.3 Å². The smallest absolute Gasteiger partial charge is 0.320 e. The van der Waals surface area contributed by atoms with Gasteiger partial charge in [-0.25, -0.2) is 0 Å². The molecule has 0 aliphatic carbocycles. The van der Waals surface area contributed by atoms with Gasteiger partial charge in [0, 0.05) is 5.33 Å². The summed E-state index contributed by atoms with van der Waals surface area (Å²) in [5.41, 5.74) is 0. The minimum atomic E-state index is -0.797. The molecule has 0 N–H and O–H groups in total. The van der Waals surface area contributed by atoms with Crippen LogP contribution in [0, 0.1) is 5.92 Å². The Labute approximate surface area is 92.1 Å². The molecule has 0 radical (unpaired) electrons. The van der Waals surface area contributed by atoms with E-state index in [9.17, 15) is 9.59 Å². The second-order valence-corrected chi connectivity index (χ2v) is 3.33. The van der Waals surface area contributed by atoms with Gasteiger partial charge in [0.05, 0.1) is 13.2 Å². The fourth-order valence-electron chi connectivity index (χ4n) is 0.927. The molecule has 0 spiro atoms. The molecule has 0 unspecified atom stereocenters. The number of hydrogen-bond donors (Lipinski definition) is 0. The lowest BCUT2D eigenvalue weighted by Gasteiger charge is -2.12. The molecular formula is C9H15BrO4. The number of alkyl halides is 1. The first kappa shape index (κ1) is 13.4. The molecule has 0 heterocycles. The van der Waals surface area contributed by atoms with Gasteiger partial charge >= 0.3 is 11.9 Å². The van der Waals surface area contributed by atoms with E-state index in [0.29, 0.717) is 11.8 Å². The third-order valence-electron chi connectivity index (χ3n) is 1.54. The van der Waals surface area contributed by atoms with Crippen molar-refractivity contribution in [2.75, 3.05) is 18.5 Å². The average Bonchev–Trinajstić information content (AvgIpc) is 2.14. The van der Waals surface area contributed by atoms with Gasteiger partial charge in [-0.2, -0.15) is 0 Å². The molecule has 0 aromatic rings. The topological polar surface area (TPSA) is 52.6 Å². The number of carbonyl (C=O) groups is 2. The molecule has 0 aliphatic heterocycles. The van der Waals surface area contributed by atoms with Crippen LogP contribution in [0.1, 0.15) is 20.3 Å². The molecule has 82 valence electrons. The summed E-state index contributed by atoms with van der Waals surface area (Å²) in [5, 5.41) is 0.565. The van der Waals surface area contributed by atoms with Gasteiger partial charge in [-0.05, 0) is 20.3 Å². The molecule has 0 saturated heterocycles. The lowest BCUT2D eigenvalue weighted by molar-refractivity contribution is -0.161. The van der Waals surface area contributed by atoms with E-state index in [1.54, 1.807) is 13.8 Å². The first-order valence-electron chi connectivity index (χ1n) is 4.56. The van der Waals surface area contributed by atoms with Crippen molar-refractivity contribution in [3.63, 3.8) is 0 Å². The maximum Gasteiger partial charge on any atom is 0.320 e. The molecule has 0 aromatic heterocycles. The lowest BCUT2D eigenvalue weighted by atomic mass is 10.1. The molecule has 5 heteroatoms. The Morgan fingerprint density at radius 3 is 1.86 bits per heavy atom. The summed E-state index contributed by atoms with van der Waals surface area (Å²) in [6.45, 7) is 3.95. The standard InChI is InChI=1S/C9H15BrO4/c1-3-13-8(11)7(5-6-10)9(12)14-4-2/h7H,3-6H2,1-2H3. The molecule has 0 fully saturated rings. The van der Waals surface area contributed by atoms with Gasteiger partial charge in [0.15, 0.2) is 5.92 Å². The van der Waals surface area contributed by atoms with Crippen LogP contribution in [-0.4, -0.2) is 30.5 Å². The fourth-order valence-corrected chi connectivity index (χ4v) is 1.38. The third-order valence-corrected chi connectivity index (χ3v) is 2.00. The number of ether oxygens (including phenoxy) is 2. The second-order valence-electron chi connectivity index (χ2n) is 2.53. The van der Waals surface area contributed by atoms with Crippen LogP contribution in [-0.2, 0) is 19.1 Å². The van der Waals surface area contributed by atoms with E-state index < -0.39 is 17.9 Å². The highest BCUT2D eigenvalue weighted by Crippen LogP contribution is 2.10. The Balaban J connectivity index is 4.25. The molecule has 0 amide bonds. The molecule has 0 aromatic carbocycles. The molecule has 4 nitrogen and oxygen atoms in total. The van der Waals surface area contributed by atoms with Crippen LogP contribution in [0.5, 0.6) is 0 Å². The molecule has 0 aliphatic rings. The summed E-state index contributed by atoms with van der Waals surface area (Å²) >= 11 is 3.17. The van der Waals surface area contributed by atoms with Crippen LogP contribution >= 0.6 is 15.9 Å². The van der Waals surface area contributed by atoms with E-state index in [2.05, 4.69) is 15.9 Å². The van der Waals surface area contributed by atoms with E-state index in [1.165, 1.54) is 0 Å². The average molecular weight is 267 g/mol. The van der Waals surface area contributed by atoms with Crippen LogP contribution in [0.15, 0.2) is 0 Å². The van der Waals surface area contributed by atoms with Crippen LogP contribution in [0.25, 0.3) is 0 Å². The number of hydrogen-bond acceptors (Lipinski definition) is 4. The van der Waals surface area contributed by atoms with Crippen molar-refractivity contribution in [1.82, 2.24) is 0 Å². The van der Waals surface area contributed by atoms with Gasteiger partial charge in [0.2, 0.25) is 0 Å². The van der Waals surface area contributed by atoms with Crippen molar-refractivity contribution in [3.05, 3.63) is 0 Å². The van der Waals surface area contributed by atoms with Gasteiger partial charge in [-0.3, -0.25) is 9.59 Å². The lowest BCUT2D eigenvalue weighted by Crippen LogP contribution is -2.28. The molecular weight excluding hydrogens is 252 g/mol. The maximum atomic E-state index is 11.3. The van der Waals surface area contributed by atoms with E-state index in [4.69, 9.17) is 9.47 Å². The quantitative estimate of drug-likeness (QED) is 0.416. The third kappa shape index (κ3) is 4.60. The normalized spacial score (nSPS) is 10.0. The fraction of sp³-hybridized carbons (Fsp3) is 0.778. The van der Waals surface area contributed by atoms with Crippen molar-refractivity contribution in [3.8, 4) is 0 Å². The van der Waals surface area contributed by atoms with E-state index in [0.717, 1.165) is 0 Å². The van der Waals surface area contributed by atoms with Gasteiger partial charge < -0.3 is 9.47 Å². The van der Waals surface area contributed by atoms with Crippen molar-refractivity contribution >= 4 is 27.9 Å². The summed E-state index contributed by atoms with van der Waals surface area (Å²) in [7, 11) is 0. The summed E-state index contributed by atoms with van der Waals surface area (Å²) < 4.78 is 9.53. The van der Waals surface area contributed by atoms with Crippen molar-refractivity contribution in [2.24, 2.45) is 5.92 Å². The minimum absolute atomic E-state index is 0.275. The first-order valence-corrected chi connectivity index (χ1v) is 5.68. The van der Waals surface area contributed by atoms with Gasteiger partial charge in [-0.15, -0.1) is 0 Å². The monoisotopic (exact) mass is 266 g/mol.